The number of allylic oxidation sites excluding steroid dienone is 6. The first-order valence-corrected chi connectivity index (χ1v) is 9.59. The monoisotopic (exact) mass is 360 g/mol. The molecule has 0 fully saturated rings. The minimum atomic E-state index is -0.668. The lowest BCUT2D eigenvalue weighted by molar-refractivity contribution is -0.150. The van der Waals surface area contributed by atoms with Crippen LogP contribution in [0.25, 0.3) is 0 Å². The minimum absolute atomic E-state index is 0.0526. The van der Waals surface area contributed by atoms with Gasteiger partial charge in [0.2, 0.25) is 0 Å². The van der Waals surface area contributed by atoms with Crippen LogP contribution in [0.1, 0.15) is 72.6 Å². The van der Waals surface area contributed by atoms with Gasteiger partial charge in [-0.05, 0) is 66.2 Å². The normalized spacial score (nSPS) is 13.2. The van der Waals surface area contributed by atoms with Gasteiger partial charge < -0.3 is 4.74 Å². The van der Waals surface area contributed by atoms with Gasteiger partial charge in [-0.1, -0.05) is 34.9 Å². The second-order valence-corrected chi connectivity index (χ2v) is 6.88. The van der Waals surface area contributed by atoms with E-state index in [1.54, 1.807) is 13.8 Å². The molecule has 0 bridgehead atoms. The zero-order valence-corrected chi connectivity index (χ0v) is 17.1. The average Bonchev–Trinajstić information content (AvgIpc) is 2.58. The van der Waals surface area contributed by atoms with Crippen LogP contribution >= 0.6 is 0 Å². The van der Waals surface area contributed by atoms with Crippen LogP contribution in [0, 0.1) is 5.92 Å². The lowest BCUT2D eigenvalue weighted by atomic mass is 9.98. The maximum Gasteiger partial charge on any atom is 0.316 e. The molecule has 26 heavy (non-hydrogen) atoms. The Morgan fingerprint density at radius 3 is 2.27 bits per heavy atom. The Labute approximate surface area is 159 Å². The Balaban J connectivity index is 4.36. The molecule has 0 aliphatic rings. The summed E-state index contributed by atoms with van der Waals surface area (Å²) in [6.45, 7) is 15.5. The first kappa shape index (κ1) is 24.1. The molecule has 146 valence electrons. The molecular weight excluding hydrogens is 324 g/mol. The summed E-state index contributed by atoms with van der Waals surface area (Å²) in [6, 6.07) is 0. The molecule has 0 aromatic heterocycles. The fourth-order valence-corrected chi connectivity index (χ4v) is 2.54. The highest BCUT2D eigenvalue weighted by Crippen LogP contribution is 2.17. The van der Waals surface area contributed by atoms with E-state index < -0.39 is 11.9 Å². The van der Waals surface area contributed by atoms with E-state index in [0.717, 1.165) is 32.1 Å². The molecule has 0 aliphatic carbocycles. The van der Waals surface area contributed by atoms with E-state index in [4.69, 9.17) is 4.74 Å². The number of ketones is 1. The summed E-state index contributed by atoms with van der Waals surface area (Å²) >= 11 is 0. The third-order valence-electron chi connectivity index (χ3n) is 4.26. The Bertz CT molecular complexity index is 538. The first-order chi connectivity index (χ1) is 12.3. The summed E-state index contributed by atoms with van der Waals surface area (Å²) < 4.78 is 4.90. The number of carbonyl (C=O) groups is 2. The van der Waals surface area contributed by atoms with Crippen molar-refractivity contribution >= 4 is 11.8 Å². The zero-order chi connectivity index (χ0) is 19.9. The SMILES string of the molecule is C=CC/C(=C/CCC(=C)C)CC/C=C(\C)CCC(=O)C(C)C(=O)OCC. The molecule has 1 unspecified atom stereocenters. The van der Waals surface area contributed by atoms with Crippen molar-refractivity contribution in [2.24, 2.45) is 5.92 Å². The molecule has 0 saturated carbocycles. The van der Waals surface area contributed by atoms with Crippen LogP contribution in [-0.4, -0.2) is 18.4 Å². The molecular formula is C23H36O3. The highest BCUT2D eigenvalue weighted by molar-refractivity contribution is 5.98. The molecule has 0 saturated heterocycles. The molecule has 0 aliphatic heterocycles. The molecule has 3 nitrogen and oxygen atoms in total. The first-order valence-electron chi connectivity index (χ1n) is 9.59. The van der Waals surface area contributed by atoms with E-state index in [0.29, 0.717) is 19.4 Å². The Hall–Kier alpha value is -1.90. The molecule has 0 amide bonds. The van der Waals surface area contributed by atoms with Crippen LogP contribution < -0.4 is 0 Å². The number of carbonyl (C=O) groups excluding carboxylic acids is 2. The summed E-state index contributed by atoms with van der Waals surface area (Å²) in [5.74, 6) is -1.14. The Kier molecular flexibility index (Phi) is 13.2. The predicted octanol–water partition coefficient (Wildman–Crippen LogP) is 6.12. The highest BCUT2D eigenvalue weighted by atomic mass is 16.5. The fourth-order valence-electron chi connectivity index (χ4n) is 2.54. The summed E-state index contributed by atoms with van der Waals surface area (Å²) in [5.41, 5.74) is 3.79. The van der Waals surface area contributed by atoms with Gasteiger partial charge in [-0.3, -0.25) is 9.59 Å². The molecule has 0 N–H and O–H groups in total. The Morgan fingerprint density at radius 2 is 1.69 bits per heavy atom. The zero-order valence-electron chi connectivity index (χ0n) is 17.1. The van der Waals surface area contributed by atoms with Gasteiger partial charge in [-0.25, -0.2) is 0 Å². The number of Topliss-reactive ketones (excluding diaryl/α,β-unsaturated/α-hetero) is 1. The predicted molar refractivity (Wildman–Crippen MR) is 110 cm³/mol. The van der Waals surface area contributed by atoms with Gasteiger partial charge >= 0.3 is 5.97 Å². The molecule has 0 heterocycles. The van der Waals surface area contributed by atoms with Crippen molar-refractivity contribution in [3.8, 4) is 0 Å². The number of esters is 1. The smallest absolute Gasteiger partial charge is 0.316 e. The summed E-state index contributed by atoms with van der Waals surface area (Å²) in [5, 5.41) is 0. The van der Waals surface area contributed by atoms with E-state index in [2.05, 4.69) is 32.2 Å². The van der Waals surface area contributed by atoms with Gasteiger partial charge in [0, 0.05) is 6.42 Å². The van der Waals surface area contributed by atoms with Gasteiger partial charge in [0.1, 0.15) is 11.7 Å². The fraction of sp³-hybridized carbons (Fsp3) is 0.565. The van der Waals surface area contributed by atoms with Gasteiger partial charge in [0.25, 0.3) is 0 Å². The lowest BCUT2D eigenvalue weighted by Crippen LogP contribution is -2.23. The number of hydrogen-bond acceptors (Lipinski definition) is 3. The van der Waals surface area contributed by atoms with Crippen LogP contribution in [0.4, 0.5) is 0 Å². The topological polar surface area (TPSA) is 43.4 Å². The van der Waals surface area contributed by atoms with E-state index in [-0.39, 0.29) is 5.78 Å². The molecule has 0 aromatic carbocycles. The largest absolute Gasteiger partial charge is 0.465 e. The third-order valence-corrected chi connectivity index (χ3v) is 4.26. The molecule has 0 spiro atoms. The lowest BCUT2D eigenvalue weighted by Gasteiger charge is -2.09. The maximum atomic E-state index is 12.0. The van der Waals surface area contributed by atoms with Crippen molar-refractivity contribution in [1.82, 2.24) is 0 Å². The third kappa shape index (κ3) is 11.6. The number of ether oxygens (including phenoxy) is 1. The van der Waals surface area contributed by atoms with E-state index in [1.165, 1.54) is 16.7 Å². The van der Waals surface area contributed by atoms with Crippen molar-refractivity contribution < 1.29 is 14.3 Å². The van der Waals surface area contributed by atoms with Gasteiger partial charge in [0.15, 0.2) is 0 Å². The molecule has 0 rings (SSSR count). The second-order valence-electron chi connectivity index (χ2n) is 6.88. The van der Waals surface area contributed by atoms with Crippen molar-refractivity contribution in [2.75, 3.05) is 6.61 Å². The molecule has 0 radical (unpaired) electrons. The van der Waals surface area contributed by atoms with Gasteiger partial charge in [-0.15, -0.1) is 13.2 Å². The number of rotatable bonds is 14. The Morgan fingerprint density at radius 1 is 1.04 bits per heavy atom. The van der Waals surface area contributed by atoms with Crippen molar-refractivity contribution in [1.29, 1.82) is 0 Å². The molecule has 0 aromatic rings. The van der Waals surface area contributed by atoms with Crippen LogP contribution in [-0.2, 0) is 14.3 Å². The highest BCUT2D eigenvalue weighted by Gasteiger charge is 2.21. The van der Waals surface area contributed by atoms with Crippen LogP contribution in [0.3, 0.4) is 0 Å². The van der Waals surface area contributed by atoms with E-state index in [9.17, 15) is 9.59 Å². The van der Waals surface area contributed by atoms with Crippen LogP contribution in [0.5, 0.6) is 0 Å². The standard InChI is InChI=1S/C23H36O3/c1-7-11-21(14-9-12-18(3)4)15-10-13-19(5)16-17-22(24)20(6)23(25)26-8-2/h7,13-14,20H,1,3,8-12,15-17H2,2,4-6H3/b19-13+,21-14-. The maximum absolute atomic E-state index is 12.0. The van der Waals surface area contributed by atoms with Crippen LogP contribution in [0.15, 0.2) is 48.1 Å². The van der Waals surface area contributed by atoms with Crippen LogP contribution in [0.2, 0.25) is 0 Å². The van der Waals surface area contributed by atoms with E-state index >= 15 is 0 Å². The quantitative estimate of drug-likeness (QED) is 0.213. The van der Waals surface area contributed by atoms with Crippen molar-refractivity contribution in [2.45, 2.75) is 72.6 Å². The van der Waals surface area contributed by atoms with Gasteiger partial charge in [-0.2, -0.15) is 0 Å². The summed E-state index contributed by atoms with van der Waals surface area (Å²) in [4.78, 5) is 23.6. The minimum Gasteiger partial charge on any atom is -0.465 e. The molecule has 1 atom stereocenters. The average molecular weight is 361 g/mol. The van der Waals surface area contributed by atoms with Crippen molar-refractivity contribution in [3.05, 3.63) is 48.1 Å². The number of hydrogen-bond donors (Lipinski definition) is 0. The van der Waals surface area contributed by atoms with Gasteiger partial charge in [0.05, 0.1) is 6.61 Å². The van der Waals surface area contributed by atoms with E-state index in [1.807, 2.05) is 13.0 Å². The summed E-state index contributed by atoms with van der Waals surface area (Å²) in [7, 11) is 0. The second kappa shape index (κ2) is 14.3. The molecule has 3 heteroatoms. The summed E-state index contributed by atoms with van der Waals surface area (Å²) in [6.07, 6.45) is 12.4. The van der Waals surface area contributed by atoms with Crippen molar-refractivity contribution in [3.63, 3.8) is 0 Å².